The summed E-state index contributed by atoms with van der Waals surface area (Å²) in [6.07, 6.45) is 0. The Bertz CT molecular complexity index is 376. The van der Waals surface area contributed by atoms with Crippen LogP contribution in [0.25, 0.3) is 0 Å². The van der Waals surface area contributed by atoms with Crippen LogP contribution in [0.3, 0.4) is 0 Å². The van der Waals surface area contributed by atoms with Crippen LogP contribution in [0.4, 0.5) is 0 Å². The second-order valence-corrected chi connectivity index (χ2v) is 5.33. The van der Waals surface area contributed by atoms with E-state index in [9.17, 15) is 0 Å². The summed E-state index contributed by atoms with van der Waals surface area (Å²) in [5.74, 6) is 0. The molecule has 0 radical (unpaired) electrons. The zero-order chi connectivity index (χ0) is 14.0. The van der Waals surface area contributed by atoms with Crippen molar-refractivity contribution in [1.82, 2.24) is 0 Å². The van der Waals surface area contributed by atoms with Crippen LogP contribution < -0.4 is 5.46 Å². The summed E-state index contributed by atoms with van der Waals surface area (Å²) in [5, 5.41) is 0. The molecule has 1 aliphatic heterocycles. The summed E-state index contributed by atoms with van der Waals surface area (Å²) >= 11 is 4.25. The van der Waals surface area contributed by atoms with Crippen LogP contribution in [-0.2, 0) is 25.7 Å². The summed E-state index contributed by atoms with van der Waals surface area (Å²) in [6, 6.07) is 7.95. The number of benzene rings is 1. The van der Waals surface area contributed by atoms with Crippen molar-refractivity contribution < 1.29 is 25.7 Å². The minimum absolute atomic E-state index is 0.273. The zero-order valence-corrected chi connectivity index (χ0v) is 16.0. The molecule has 0 amide bonds. The molecule has 0 unspecified atom stereocenters. The van der Waals surface area contributed by atoms with Gasteiger partial charge in [-0.1, -0.05) is 0 Å². The van der Waals surface area contributed by atoms with Gasteiger partial charge in [0.25, 0.3) is 0 Å². The first-order valence-electron chi connectivity index (χ1n) is 5.86. The van der Waals surface area contributed by atoms with E-state index in [1.54, 1.807) is 0 Å². The molecule has 1 saturated heterocycles. The first-order valence-corrected chi connectivity index (χ1v) is 12.8. The third kappa shape index (κ3) is 3.39. The summed E-state index contributed by atoms with van der Waals surface area (Å²) < 4.78 is 11.9. The topological polar surface area (TPSA) is 18.5 Å². The second-order valence-electron chi connectivity index (χ2n) is 5.33. The maximum atomic E-state index is 5.95. The van der Waals surface area contributed by atoms with Crippen LogP contribution in [0.15, 0.2) is 24.3 Å². The average Bonchev–Trinajstić information content (AvgIpc) is 2.52. The molecule has 0 saturated carbocycles. The van der Waals surface area contributed by atoms with Gasteiger partial charge in [0, 0.05) is 0 Å². The molecule has 1 aliphatic rings. The van der Waals surface area contributed by atoms with Gasteiger partial charge in [0.15, 0.2) is 0 Å². The van der Waals surface area contributed by atoms with Gasteiger partial charge in [-0.15, -0.1) is 12.1 Å². The van der Waals surface area contributed by atoms with Crippen molar-refractivity contribution in [2.24, 2.45) is 0 Å². The Morgan fingerprint density at radius 2 is 1.39 bits per heavy atom. The molecule has 1 fully saturated rings. The number of hydrogen-bond donors (Lipinski definition) is 0. The number of hydrogen-bond acceptors (Lipinski definition) is 2. The van der Waals surface area contributed by atoms with Crippen LogP contribution in [-0.4, -0.2) is 18.3 Å². The molecular weight excluding hydrogens is 344 g/mol. The van der Waals surface area contributed by atoms with Gasteiger partial charge in [-0.25, -0.2) is 0 Å². The van der Waals surface area contributed by atoms with Gasteiger partial charge < -0.3 is 9.31 Å². The quantitative estimate of drug-likeness (QED) is 0.565. The van der Waals surface area contributed by atoms with Gasteiger partial charge in [-0.2, -0.15) is 24.6 Å². The van der Waals surface area contributed by atoms with E-state index in [0.29, 0.717) is 0 Å². The Kier molecular flexibility index (Phi) is 5.49. The van der Waals surface area contributed by atoms with Crippen molar-refractivity contribution in [2.45, 2.75) is 38.9 Å². The van der Waals surface area contributed by atoms with Crippen LogP contribution in [0.1, 0.15) is 33.3 Å². The fourth-order valence-electron chi connectivity index (χ4n) is 1.65. The van der Waals surface area contributed by atoms with E-state index >= 15 is 0 Å². The van der Waals surface area contributed by atoms with Crippen LogP contribution in [0.5, 0.6) is 0 Å². The molecule has 94 valence electrons. The van der Waals surface area contributed by atoms with Gasteiger partial charge in [0.1, 0.15) is 0 Å². The first-order chi connectivity index (χ1) is 8.32. The summed E-state index contributed by atoms with van der Waals surface area (Å²) in [5.41, 5.74) is 1.49. The predicted octanol–water partition coefficient (Wildman–Crippen LogP) is 3.01. The molecule has 0 bridgehead atoms. The molecular formula is C13H18BBrO2Zn. The van der Waals surface area contributed by atoms with Crippen molar-refractivity contribution in [1.29, 1.82) is 0 Å². The van der Waals surface area contributed by atoms with Crippen molar-refractivity contribution in [2.75, 3.05) is 0 Å². The van der Waals surface area contributed by atoms with E-state index in [1.165, 1.54) is 16.3 Å². The van der Waals surface area contributed by atoms with E-state index in [0.717, 1.165) is 11.0 Å². The maximum absolute atomic E-state index is 5.95. The van der Waals surface area contributed by atoms with E-state index in [-0.39, 0.29) is 18.3 Å². The van der Waals surface area contributed by atoms with E-state index < -0.39 is 0 Å². The Balaban J connectivity index is 0.000000771. The van der Waals surface area contributed by atoms with Crippen molar-refractivity contribution >= 4 is 26.2 Å². The van der Waals surface area contributed by atoms with E-state index in [4.69, 9.17) is 9.31 Å². The monoisotopic (exact) mass is 360 g/mol. The Labute approximate surface area is 127 Å². The molecule has 0 atom stereocenters. The average molecular weight is 362 g/mol. The van der Waals surface area contributed by atoms with Crippen LogP contribution in [0, 0.1) is 6.92 Å². The SMILES string of the molecule is [CH2-]c1ccc(B2OC(C)(C)C(C)(C)O2)cc1.[Zn+][Br]. The van der Waals surface area contributed by atoms with Gasteiger partial charge >= 0.3 is 37.1 Å². The third-order valence-electron chi connectivity index (χ3n) is 3.51. The van der Waals surface area contributed by atoms with Gasteiger partial charge in [0.05, 0.1) is 11.2 Å². The fraction of sp³-hybridized carbons (Fsp3) is 0.462. The van der Waals surface area contributed by atoms with Crippen molar-refractivity contribution in [3.63, 3.8) is 0 Å². The van der Waals surface area contributed by atoms with Crippen molar-refractivity contribution in [3.8, 4) is 0 Å². The predicted molar refractivity (Wildman–Crippen MR) is 75.5 cm³/mol. The molecule has 1 aromatic carbocycles. The van der Waals surface area contributed by atoms with E-state index in [2.05, 4.69) is 48.2 Å². The molecule has 0 spiro atoms. The third-order valence-corrected chi connectivity index (χ3v) is 3.51. The van der Waals surface area contributed by atoms with Crippen LogP contribution >= 0.6 is 13.6 Å². The fourth-order valence-corrected chi connectivity index (χ4v) is 1.65. The molecule has 0 N–H and O–H groups in total. The molecule has 1 heterocycles. The van der Waals surface area contributed by atoms with E-state index in [1.807, 2.05) is 24.3 Å². The van der Waals surface area contributed by atoms with Crippen molar-refractivity contribution in [3.05, 3.63) is 36.8 Å². The molecule has 2 nitrogen and oxygen atoms in total. The summed E-state index contributed by atoms with van der Waals surface area (Å²) in [6.45, 7) is 12.1. The number of halogens is 1. The Morgan fingerprint density at radius 1 is 1.00 bits per heavy atom. The molecule has 18 heavy (non-hydrogen) atoms. The molecule has 5 heteroatoms. The summed E-state index contributed by atoms with van der Waals surface area (Å²) in [4.78, 5) is 0. The zero-order valence-electron chi connectivity index (χ0n) is 11.5. The molecule has 0 aromatic heterocycles. The second kappa shape index (κ2) is 6.09. The normalized spacial score (nSPS) is 20.3. The summed E-state index contributed by atoms with van der Waals surface area (Å²) in [7, 11) is -0.273. The van der Waals surface area contributed by atoms with Crippen LogP contribution in [0.2, 0.25) is 0 Å². The van der Waals surface area contributed by atoms with Gasteiger partial charge in [-0.3, -0.25) is 0 Å². The minimum atomic E-state index is -0.277. The van der Waals surface area contributed by atoms with Gasteiger partial charge in [-0.05, 0) is 33.2 Å². The van der Waals surface area contributed by atoms with Gasteiger partial charge in [0.2, 0.25) is 0 Å². The molecule has 1 aromatic rings. The number of rotatable bonds is 1. The molecule has 2 rings (SSSR count). The first kappa shape index (κ1) is 16.2. The Hall–Kier alpha value is 0.178. The molecule has 0 aliphatic carbocycles. The Morgan fingerprint density at radius 3 is 1.78 bits per heavy atom. The standard InChI is InChI=1S/C13H18BO2.BrH.Zn/c1-10-6-8-11(9-7-10)14-15-12(2,3)13(4,5)16-14;;/h6-9H,1H2,2-5H3;1H;/q-1;;+2/p-1.